The summed E-state index contributed by atoms with van der Waals surface area (Å²) in [7, 11) is 0. The minimum atomic E-state index is -1.50. The predicted octanol–water partition coefficient (Wildman–Crippen LogP) is 4.59. The first kappa shape index (κ1) is 27.6. The lowest BCUT2D eigenvalue weighted by atomic mass is 9.45. The van der Waals surface area contributed by atoms with Crippen LogP contribution in [-0.4, -0.2) is 58.8 Å². The highest BCUT2D eigenvalue weighted by molar-refractivity contribution is 6.21. The lowest BCUT2D eigenvalue weighted by molar-refractivity contribution is -0.207. The number of ether oxygens (including phenoxy) is 2. The molecule has 0 aromatic rings. The molecule has 0 unspecified atom stereocenters. The summed E-state index contributed by atoms with van der Waals surface area (Å²) >= 11 is 7.22. The number of rotatable bonds is 6. The van der Waals surface area contributed by atoms with Crippen LogP contribution >= 0.6 is 11.6 Å². The number of aliphatic hydroxyl groups is 1. The van der Waals surface area contributed by atoms with Crippen molar-refractivity contribution >= 4 is 35.0 Å². The van der Waals surface area contributed by atoms with E-state index in [-0.39, 0.29) is 47.3 Å². The number of carbonyl (C=O) groups is 3. The van der Waals surface area contributed by atoms with Crippen LogP contribution in [0.5, 0.6) is 0 Å². The molecule has 38 heavy (non-hydrogen) atoms. The van der Waals surface area contributed by atoms with Crippen LogP contribution in [0, 0.1) is 34.5 Å². The lowest BCUT2D eigenvalue weighted by Gasteiger charge is -2.62. The number of allylic oxidation sites excluding steroid dienone is 3. The highest BCUT2D eigenvalue weighted by atomic mass is 35.5. The number of nitrogens with zero attached hydrogens (tertiary/aromatic N) is 1. The van der Waals surface area contributed by atoms with E-state index in [0.717, 1.165) is 12.1 Å². The van der Waals surface area contributed by atoms with Gasteiger partial charge in [0.2, 0.25) is 5.78 Å². The van der Waals surface area contributed by atoms with E-state index in [2.05, 4.69) is 24.1 Å². The van der Waals surface area contributed by atoms with E-state index in [1.54, 1.807) is 13.8 Å². The predicted molar refractivity (Wildman–Crippen MR) is 144 cm³/mol. The molecule has 0 radical (unpaired) electrons. The standard InChI is InChI=1S/C30H40ClNO6/c1-6-24(35)37-15-23(34)30(38-25(36)7-2)16(3)10-19-26-20(31)11-18-12-21-17(8-9-32-21)13-28(18,4)27(26)22(33)14-29(19,30)5/h8,12,16,19-20,22,26-27,33H,6-7,9-11,13-15H2,1-5H3/t16-,19+,20-,22+,26-,27+,28+,29+,30-/m1/s1. The number of aliphatic imine (C=N–C) groups is 1. The maximum Gasteiger partial charge on any atom is 0.306 e. The van der Waals surface area contributed by atoms with Crippen molar-refractivity contribution in [3.05, 3.63) is 23.3 Å². The average molecular weight is 546 g/mol. The Morgan fingerprint density at radius 3 is 2.58 bits per heavy atom. The molecule has 0 aromatic carbocycles. The zero-order valence-electron chi connectivity index (χ0n) is 23.1. The number of alkyl halides is 1. The first-order chi connectivity index (χ1) is 17.9. The van der Waals surface area contributed by atoms with E-state index < -0.39 is 41.4 Å². The largest absolute Gasteiger partial charge is 0.457 e. The number of aliphatic hydroxyl groups excluding tert-OH is 1. The van der Waals surface area contributed by atoms with Gasteiger partial charge in [-0.2, -0.15) is 0 Å². The second-order valence-electron chi connectivity index (χ2n) is 12.5. The van der Waals surface area contributed by atoms with Gasteiger partial charge in [-0.3, -0.25) is 19.4 Å². The van der Waals surface area contributed by atoms with E-state index >= 15 is 0 Å². The smallest absolute Gasteiger partial charge is 0.306 e. The van der Waals surface area contributed by atoms with Crippen LogP contribution in [0.2, 0.25) is 0 Å². The summed E-state index contributed by atoms with van der Waals surface area (Å²) in [5.74, 6) is -1.88. The van der Waals surface area contributed by atoms with Gasteiger partial charge in [0.25, 0.3) is 0 Å². The number of fused-ring (bicyclic) bond motifs is 6. The van der Waals surface area contributed by atoms with E-state index in [0.29, 0.717) is 25.8 Å². The van der Waals surface area contributed by atoms with Crippen LogP contribution in [0.25, 0.3) is 0 Å². The summed E-state index contributed by atoms with van der Waals surface area (Å²) in [6, 6.07) is 0. The molecule has 0 aromatic heterocycles. The third-order valence-electron chi connectivity index (χ3n) is 10.6. The zero-order chi connectivity index (χ0) is 27.6. The molecule has 3 saturated carbocycles. The summed E-state index contributed by atoms with van der Waals surface area (Å²) in [4.78, 5) is 43.4. The molecule has 1 heterocycles. The van der Waals surface area contributed by atoms with Gasteiger partial charge in [0, 0.05) is 29.6 Å². The Bertz CT molecular complexity index is 1140. The van der Waals surface area contributed by atoms with Gasteiger partial charge in [-0.05, 0) is 60.5 Å². The van der Waals surface area contributed by atoms with Gasteiger partial charge >= 0.3 is 11.9 Å². The summed E-state index contributed by atoms with van der Waals surface area (Å²) in [5, 5.41) is 11.7. The van der Waals surface area contributed by atoms with Gasteiger partial charge in [-0.25, -0.2) is 0 Å². The van der Waals surface area contributed by atoms with E-state index in [1.165, 1.54) is 11.1 Å². The van der Waals surface area contributed by atoms with Gasteiger partial charge in [0.05, 0.1) is 18.4 Å². The lowest BCUT2D eigenvalue weighted by Crippen LogP contribution is -2.65. The molecule has 3 fully saturated rings. The van der Waals surface area contributed by atoms with Crippen molar-refractivity contribution in [2.24, 2.45) is 39.5 Å². The number of ketones is 1. The summed E-state index contributed by atoms with van der Waals surface area (Å²) < 4.78 is 11.4. The Morgan fingerprint density at radius 2 is 1.89 bits per heavy atom. The Hall–Kier alpha value is -1.99. The van der Waals surface area contributed by atoms with Crippen molar-refractivity contribution in [2.75, 3.05) is 13.2 Å². The van der Waals surface area contributed by atoms with Crippen molar-refractivity contribution in [2.45, 2.75) is 90.2 Å². The normalized spacial score (nSPS) is 43.0. The molecule has 5 aliphatic rings. The van der Waals surface area contributed by atoms with Crippen LogP contribution in [0.1, 0.15) is 73.1 Å². The average Bonchev–Trinajstić information content (AvgIpc) is 3.40. The molecule has 208 valence electrons. The summed E-state index contributed by atoms with van der Waals surface area (Å²) in [6.45, 7) is 9.78. The van der Waals surface area contributed by atoms with Crippen molar-refractivity contribution in [1.29, 1.82) is 0 Å². The topological polar surface area (TPSA) is 102 Å². The summed E-state index contributed by atoms with van der Waals surface area (Å²) in [6.07, 6.45) is 6.36. The molecule has 0 spiro atoms. The van der Waals surface area contributed by atoms with E-state index in [9.17, 15) is 19.5 Å². The molecular weight excluding hydrogens is 506 g/mol. The van der Waals surface area contributed by atoms with Crippen LogP contribution < -0.4 is 0 Å². The third kappa shape index (κ3) is 3.78. The van der Waals surface area contributed by atoms with Gasteiger partial charge < -0.3 is 14.6 Å². The number of Topliss-reactive ketones (excluding diaryl/α,β-unsaturated/α-hetero) is 1. The Morgan fingerprint density at radius 1 is 1.18 bits per heavy atom. The Kier molecular flexibility index (Phi) is 6.95. The maximum atomic E-state index is 14.0. The van der Waals surface area contributed by atoms with Gasteiger partial charge in [-0.1, -0.05) is 46.3 Å². The second kappa shape index (κ2) is 9.58. The van der Waals surface area contributed by atoms with Gasteiger partial charge in [0.15, 0.2) is 12.2 Å². The zero-order valence-corrected chi connectivity index (χ0v) is 23.8. The van der Waals surface area contributed by atoms with Crippen molar-refractivity contribution in [3.63, 3.8) is 0 Å². The maximum absolute atomic E-state index is 14.0. The quantitative estimate of drug-likeness (QED) is 0.387. The SMILES string of the molecule is CCC(=O)OCC(=O)[C@]1(OC(=O)CC)[C@H](C)C[C@H]2[C@H]3[C@H]([C@@H](O)C[C@@]21C)[C@@]1(C)CC2=CCN=C2C=C1C[C@H]3Cl. The highest BCUT2D eigenvalue weighted by Gasteiger charge is 2.74. The molecule has 0 amide bonds. The number of halogens is 1. The number of carbonyl (C=O) groups excluding carboxylic acids is 3. The molecule has 4 aliphatic carbocycles. The van der Waals surface area contributed by atoms with E-state index in [4.69, 9.17) is 21.1 Å². The molecule has 0 bridgehead atoms. The molecule has 8 heteroatoms. The van der Waals surface area contributed by atoms with Crippen molar-refractivity contribution in [3.8, 4) is 0 Å². The third-order valence-corrected chi connectivity index (χ3v) is 11.1. The fourth-order valence-electron chi connectivity index (χ4n) is 8.97. The van der Waals surface area contributed by atoms with E-state index in [1.807, 2.05) is 13.8 Å². The van der Waals surface area contributed by atoms with Crippen LogP contribution in [0.3, 0.4) is 0 Å². The van der Waals surface area contributed by atoms with Gasteiger partial charge in [0.1, 0.15) is 0 Å². The minimum absolute atomic E-state index is 0.0464. The molecule has 0 saturated heterocycles. The molecule has 9 atom stereocenters. The van der Waals surface area contributed by atoms with Crippen molar-refractivity contribution in [1.82, 2.24) is 0 Å². The monoisotopic (exact) mass is 545 g/mol. The Balaban J connectivity index is 1.57. The molecule has 1 N–H and O–H groups in total. The molecular formula is C30H40ClNO6. The number of esters is 2. The first-order valence-electron chi connectivity index (χ1n) is 14.1. The minimum Gasteiger partial charge on any atom is -0.457 e. The number of hydrogen-bond acceptors (Lipinski definition) is 7. The van der Waals surface area contributed by atoms with Gasteiger partial charge in [-0.15, -0.1) is 11.6 Å². The Labute approximate surface area is 230 Å². The molecule has 1 aliphatic heterocycles. The first-order valence-corrected chi connectivity index (χ1v) is 14.5. The molecule has 5 rings (SSSR count). The number of hydrogen-bond donors (Lipinski definition) is 1. The van der Waals surface area contributed by atoms with Crippen LogP contribution in [0.4, 0.5) is 0 Å². The fraction of sp³-hybridized carbons (Fsp3) is 0.733. The van der Waals surface area contributed by atoms with Crippen molar-refractivity contribution < 1.29 is 29.0 Å². The fourth-order valence-corrected chi connectivity index (χ4v) is 9.47. The summed E-state index contributed by atoms with van der Waals surface area (Å²) in [5.41, 5.74) is 0.910. The highest BCUT2D eigenvalue weighted by Crippen LogP contribution is 2.70. The second-order valence-corrected chi connectivity index (χ2v) is 13.0. The van der Waals surface area contributed by atoms with Crippen LogP contribution in [-0.2, 0) is 23.9 Å². The molecule has 7 nitrogen and oxygen atoms in total. The van der Waals surface area contributed by atoms with Crippen LogP contribution in [0.15, 0.2) is 28.3 Å².